The van der Waals surface area contributed by atoms with Gasteiger partial charge in [-0.05, 0) is 43.7 Å². The molecular formula is C28H28N4O6. The molecule has 4 aromatic rings. The highest BCUT2D eigenvalue weighted by molar-refractivity contribution is 5.97. The number of ether oxygens (including phenoxy) is 1. The van der Waals surface area contributed by atoms with Crippen LogP contribution in [0.5, 0.6) is 0 Å². The second-order valence-electron chi connectivity index (χ2n) is 8.70. The first-order valence-electron chi connectivity index (χ1n) is 12.0. The average molecular weight is 517 g/mol. The number of aromatic nitrogens is 2. The van der Waals surface area contributed by atoms with Crippen LogP contribution in [0, 0.1) is 6.92 Å². The van der Waals surface area contributed by atoms with E-state index in [1.165, 1.54) is 23.9 Å². The molecule has 4 rings (SSSR count). The zero-order valence-electron chi connectivity index (χ0n) is 21.2. The number of rotatable bonds is 9. The quantitative estimate of drug-likeness (QED) is 0.330. The number of anilines is 1. The molecule has 2 heterocycles. The third kappa shape index (κ3) is 5.75. The van der Waals surface area contributed by atoms with Crippen LogP contribution in [0.4, 0.5) is 5.69 Å². The zero-order chi connectivity index (χ0) is 27.2. The lowest BCUT2D eigenvalue weighted by Crippen LogP contribution is -2.45. The second-order valence-corrected chi connectivity index (χ2v) is 8.70. The molecule has 0 saturated heterocycles. The minimum absolute atomic E-state index is 0.0379. The van der Waals surface area contributed by atoms with Crippen LogP contribution in [-0.2, 0) is 27.8 Å². The Morgan fingerprint density at radius 1 is 0.974 bits per heavy atom. The number of amides is 2. The largest absolute Gasteiger partial charge is 0.459 e. The molecule has 0 aliphatic rings. The molecule has 2 amide bonds. The molecule has 10 nitrogen and oxygen atoms in total. The Bertz CT molecular complexity index is 1470. The van der Waals surface area contributed by atoms with E-state index in [1.807, 2.05) is 36.4 Å². The Balaban J connectivity index is 1.48. The molecule has 10 heteroatoms. The maximum atomic E-state index is 13.1. The van der Waals surface area contributed by atoms with Gasteiger partial charge < -0.3 is 19.8 Å². The van der Waals surface area contributed by atoms with Gasteiger partial charge in [-0.2, -0.15) is 0 Å². The van der Waals surface area contributed by atoms with Crippen LogP contribution < -0.4 is 16.2 Å². The third-order valence-electron chi connectivity index (χ3n) is 6.08. The lowest BCUT2D eigenvalue weighted by atomic mass is 10.1. The Kier molecular flexibility index (Phi) is 7.91. The number of hydrogen-bond acceptors (Lipinski definition) is 6. The number of furan rings is 1. The predicted molar refractivity (Wildman–Crippen MR) is 140 cm³/mol. The second kappa shape index (κ2) is 11.5. The first-order chi connectivity index (χ1) is 18.3. The van der Waals surface area contributed by atoms with E-state index in [4.69, 9.17) is 9.15 Å². The molecule has 2 atom stereocenters. The van der Waals surface area contributed by atoms with Crippen LogP contribution >= 0.6 is 0 Å². The molecule has 2 N–H and O–H groups in total. The van der Waals surface area contributed by atoms with Crippen molar-refractivity contribution in [2.75, 3.05) is 5.32 Å². The van der Waals surface area contributed by atoms with Crippen LogP contribution in [0.15, 0.2) is 88.3 Å². The number of hydrogen-bond donors (Lipinski definition) is 2. The molecule has 0 bridgehead atoms. The topological polar surface area (TPSA) is 125 Å². The molecule has 2 aromatic carbocycles. The van der Waals surface area contributed by atoms with Gasteiger partial charge in [-0.3, -0.25) is 19.1 Å². The number of carbonyl (C=O) groups excluding carboxylic acids is 3. The van der Waals surface area contributed by atoms with Gasteiger partial charge in [0, 0.05) is 13.5 Å². The van der Waals surface area contributed by atoms with Crippen molar-refractivity contribution in [2.45, 2.75) is 32.4 Å². The number of benzene rings is 2. The number of para-hydroxylation sites is 1. The molecule has 0 unspecified atom stereocenters. The van der Waals surface area contributed by atoms with Crippen LogP contribution in [0.2, 0.25) is 0 Å². The first kappa shape index (κ1) is 26.2. The Morgan fingerprint density at radius 2 is 1.63 bits per heavy atom. The lowest BCUT2D eigenvalue weighted by Gasteiger charge is -2.20. The summed E-state index contributed by atoms with van der Waals surface area (Å²) in [6.07, 6.45) is 0.244. The van der Waals surface area contributed by atoms with Gasteiger partial charge >= 0.3 is 5.97 Å². The van der Waals surface area contributed by atoms with Gasteiger partial charge in [0.2, 0.25) is 0 Å². The predicted octanol–water partition coefficient (Wildman–Crippen LogP) is 2.99. The van der Waals surface area contributed by atoms with Gasteiger partial charge in [-0.25, -0.2) is 9.48 Å². The Morgan fingerprint density at radius 3 is 2.26 bits per heavy atom. The Labute approximate surface area is 218 Å². The van der Waals surface area contributed by atoms with Crippen molar-refractivity contribution >= 4 is 23.5 Å². The van der Waals surface area contributed by atoms with Crippen LogP contribution in [0.3, 0.4) is 0 Å². The summed E-state index contributed by atoms with van der Waals surface area (Å²) >= 11 is 0. The summed E-state index contributed by atoms with van der Waals surface area (Å²) in [5.41, 5.74) is 1.61. The highest BCUT2D eigenvalue weighted by Crippen LogP contribution is 2.15. The number of nitrogens with one attached hydrogen (secondary N) is 2. The fourth-order valence-corrected chi connectivity index (χ4v) is 3.93. The highest BCUT2D eigenvalue weighted by Gasteiger charge is 2.29. The molecule has 0 saturated carbocycles. The van der Waals surface area contributed by atoms with Crippen LogP contribution in [-0.4, -0.2) is 39.3 Å². The van der Waals surface area contributed by atoms with Crippen molar-refractivity contribution in [2.24, 2.45) is 7.05 Å². The van der Waals surface area contributed by atoms with Crippen LogP contribution in [0.1, 0.15) is 28.7 Å². The number of carbonyl (C=O) groups is 3. The molecule has 2 aromatic heterocycles. The molecule has 0 fully saturated rings. The van der Waals surface area contributed by atoms with Gasteiger partial charge in [0.25, 0.3) is 17.4 Å². The highest BCUT2D eigenvalue weighted by atomic mass is 16.5. The summed E-state index contributed by atoms with van der Waals surface area (Å²) in [4.78, 5) is 51.7. The van der Waals surface area contributed by atoms with Gasteiger partial charge in [-0.1, -0.05) is 48.5 Å². The summed E-state index contributed by atoms with van der Waals surface area (Å²) in [5, 5.41) is 5.21. The maximum absolute atomic E-state index is 13.1. The van der Waals surface area contributed by atoms with Gasteiger partial charge in [0.15, 0.2) is 11.9 Å². The third-order valence-corrected chi connectivity index (χ3v) is 6.08. The van der Waals surface area contributed by atoms with Crippen molar-refractivity contribution in [1.29, 1.82) is 0 Å². The van der Waals surface area contributed by atoms with Gasteiger partial charge in [0.05, 0.1) is 17.6 Å². The fourth-order valence-electron chi connectivity index (χ4n) is 3.93. The lowest BCUT2D eigenvalue weighted by molar-refractivity contribution is -0.155. The van der Waals surface area contributed by atoms with Crippen molar-refractivity contribution in [3.05, 3.63) is 106 Å². The minimum Gasteiger partial charge on any atom is -0.459 e. The summed E-state index contributed by atoms with van der Waals surface area (Å²) in [6.45, 7) is 3.10. The summed E-state index contributed by atoms with van der Waals surface area (Å²) < 4.78 is 13.6. The normalized spacial score (nSPS) is 12.4. The van der Waals surface area contributed by atoms with Crippen molar-refractivity contribution in [3.8, 4) is 5.69 Å². The van der Waals surface area contributed by atoms with Gasteiger partial charge in [-0.15, -0.1) is 0 Å². The monoisotopic (exact) mass is 516 g/mol. The SMILES string of the molecule is Cc1c(NC(=O)[C@H](C)OC(=O)[C@H](Cc2ccccc2)NC(=O)c2ccco2)c(=O)n(-c2ccccc2)n1C. The van der Waals surface area contributed by atoms with Gasteiger partial charge in [0.1, 0.15) is 11.7 Å². The van der Waals surface area contributed by atoms with Crippen molar-refractivity contribution in [1.82, 2.24) is 14.7 Å². The molecule has 38 heavy (non-hydrogen) atoms. The molecule has 196 valence electrons. The van der Waals surface area contributed by atoms with E-state index in [0.29, 0.717) is 11.4 Å². The van der Waals surface area contributed by atoms with E-state index < -0.39 is 35.5 Å². The standard InChI is InChI=1S/C28H28N4O6/c1-18-24(27(35)32(31(18)3)21-13-8-5-9-14-21)30-25(33)19(2)38-28(36)22(17-20-11-6-4-7-12-20)29-26(34)23-15-10-16-37-23/h4-16,19,22H,17H2,1-3H3,(H,29,34)(H,30,33)/t19-,22-/m0/s1. The average Bonchev–Trinajstić information content (AvgIpc) is 3.53. The fraction of sp³-hybridized carbons (Fsp3) is 0.214. The summed E-state index contributed by atoms with van der Waals surface area (Å²) in [6, 6.07) is 20.0. The maximum Gasteiger partial charge on any atom is 0.329 e. The van der Waals surface area contributed by atoms with E-state index >= 15 is 0 Å². The van der Waals surface area contributed by atoms with E-state index in [1.54, 1.807) is 49.0 Å². The summed E-state index contributed by atoms with van der Waals surface area (Å²) in [7, 11) is 1.71. The smallest absolute Gasteiger partial charge is 0.329 e. The molecule has 0 aliphatic carbocycles. The minimum atomic E-state index is -1.24. The van der Waals surface area contributed by atoms with Crippen molar-refractivity contribution in [3.63, 3.8) is 0 Å². The zero-order valence-corrected chi connectivity index (χ0v) is 21.2. The molecule has 0 radical (unpaired) electrons. The van der Waals surface area contributed by atoms with E-state index in [-0.39, 0.29) is 17.9 Å². The van der Waals surface area contributed by atoms with E-state index in [9.17, 15) is 19.2 Å². The van der Waals surface area contributed by atoms with Crippen LogP contribution in [0.25, 0.3) is 5.69 Å². The van der Waals surface area contributed by atoms with E-state index in [0.717, 1.165) is 5.56 Å². The number of esters is 1. The summed E-state index contributed by atoms with van der Waals surface area (Å²) in [5.74, 6) is -2.04. The molecular weight excluding hydrogens is 488 g/mol. The molecule has 0 spiro atoms. The van der Waals surface area contributed by atoms with Crippen molar-refractivity contribution < 1.29 is 23.5 Å². The van der Waals surface area contributed by atoms with E-state index in [2.05, 4.69) is 10.6 Å². The Hall–Kier alpha value is -4.86. The number of nitrogens with zero attached hydrogens (tertiary/aromatic N) is 2. The molecule has 0 aliphatic heterocycles. The first-order valence-corrected chi connectivity index (χ1v) is 12.0.